The quantitative estimate of drug-likeness (QED) is 0.498. The van der Waals surface area contributed by atoms with Crippen molar-refractivity contribution in [2.24, 2.45) is 5.92 Å². The molecular formula is C12H17NO2S. The van der Waals surface area contributed by atoms with E-state index in [1.165, 1.54) is 7.11 Å². The normalized spacial score (nSPS) is 10.5. The smallest absolute Gasteiger partial charge is 0.339 e. The standard InChI is InChI=1S/C12H17NO2S/c1-8(2)7-16-11-9(12(14)15-3)5-4-6-10(11)13/h4-6,8H,7,13H2,1-3H3. The first kappa shape index (κ1) is 12.9. The minimum atomic E-state index is -0.335. The second kappa shape index (κ2) is 5.80. The first-order valence-electron chi connectivity index (χ1n) is 5.15. The molecule has 0 fully saturated rings. The Morgan fingerprint density at radius 2 is 2.19 bits per heavy atom. The van der Waals surface area contributed by atoms with E-state index in [2.05, 4.69) is 13.8 Å². The molecule has 16 heavy (non-hydrogen) atoms. The molecule has 88 valence electrons. The van der Waals surface area contributed by atoms with Gasteiger partial charge in [-0.05, 0) is 18.1 Å². The van der Waals surface area contributed by atoms with E-state index in [4.69, 9.17) is 10.5 Å². The van der Waals surface area contributed by atoms with Gasteiger partial charge in [0.2, 0.25) is 0 Å². The number of anilines is 1. The summed E-state index contributed by atoms with van der Waals surface area (Å²) in [7, 11) is 1.38. The van der Waals surface area contributed by atoms with Gasteiger partial charge < -0.3 is 10.5 Å². The molecule has 0 aliphatic rings. The molecule has 2 N–H and O–H groups in total. The molecule has 4 heteroatoms. The van der Waals surface area contributed by atoms with Crippen LogP contribution >= 0.6 is 11.8 Å². The number of nitrogen functional groups attached to an aromatic ring is 1. The molecule has 3 nitrogen and oxygen atoms in total. The van der Waals surface area contributed by atoms with E-state index >= 15 is 0 Å². The second-order valence-corrected chi connectivity index (χ2v) is 4.95. The largest absolute Gasteiger partial charge is 0.465 e. The summed E-state index contributed by atoms with van der Waals surface area (Å²) in [5.74, 6) is 1.15. The molecule has 0 aliphatic heterocycles. The Balaban J connectivity index is 2.99. The number of benzene rings is 1. The van der Waals surface area contributed by atoms with Gasteiger partial charge in [0.1, 0.15) is 0 Å². The van der Waals surface area contributed by atoms with Gasteiger partial charge >= 0.3 is 5.97 Å². The number of thioether (sulfide) groups is 1. The number of rotatable bonds is 4. The van der Waals surface area contributed by atoms with E-state index in [9.17, 15) is 4.79 Å². The molecule has 0 saturated heterocycles. The lowest BCUT2D eigenvalue weighted by molar-refractivity contribution is 0.0597. The van der Waals surface area contributed by atoms with Crippen LogP contribution < -0.4 is 5.73 Å². The van der Waals surface area contributed by atoms with Gasteiger partial charge in [-0.1, -0.05) is 19.9 Å². The zero-order valence-electron chi connectivity index (χ0n) is 9.82. The zero-order chi connectivity index (χ0) is 12.1. The summed E-state index contributed by atoms with van der Waals surface area (Å²) >= 11 is 1.60. The Hall–Kier alpha value is -1.16. The average Bonchev–Trinajstić information content (AvgIpc) is 2.25. The third-order valence-electron chi connectivity index (χ3n) is 2.01. The summed E-state index contributed by atoms with van der Waals surface area (Å²) in [6.07, 6.45) is 0. The predicted octanol–water partition coefficient (Wildman–Crippen LogP) is 2.80. The molecule has 0 unspecified atom stereocenters. The van der Waals surface area contributed by atoms with Crippen LogP contribution in [0.25, 0.3) is 0 Å². The number of carbonyl (C=O) groups excluding carboxylic acids is 1. The number of nitrogens with two attached hydrogens (primary N) is 1. The van der Waals surface area contributed by atoms with Crippen molar-refractivity contribution in [3.63, 3.8) is 0 Å². The molecule has 0 atom stereocenters. The molecule has 0 spiro atoms. The van der Waals surface area contributed by atoms with Gasteiger partial charge in [-0.15, -0.1) is 11.8 Å². The molecule has 0 bridgehead atoms. The van der Waals surface area contributed by atoms with E-state index in [1.807, 2.05) is 0 Å². The SMILES string of the molecule is COC(=O)c1cccc(N)c1SCC(C)C. The van der Waals surface area contributed by atoms with Crippen LogP contribution in [0.1, 0.15) is 24.2 Å². The van der Waals surface area contributed by atoms with E-state index in [0.29, 0.717) is 17.2 Å². The lowest BCUT2D eigenvalue weighted by Gasteiger charge is -2.11. The van der Waals surface area contributed by atoms with Crippen molar-refractivity contribution in [1.82, 2.24) is 0 Å². The highest BCUT2D eigenvalue weighted by atomic mass is 32.2. The maximum absolute atomic E-state index is 11.5. The van der Waals surface area contributed by atoms with Gasteiger partial charge in [0, 0.05) is 16.3 Å². The van der Waals surface area contributed by atoms with Gasteiger partial charge in [0.15, 0.2) is 0 Å². The Labute approximate surface area is 100 Å². The Morgan fingerprint density at radius 3 is 2.75 bits per heavy atom. The fourth-order valence-electron chi connectivity index (χ4n) is 1.24. The zero-order valence-corrected chi connectivity index (χ0v) is 10.6. The highest BCUT2D eigenvalue weighted by Crippen LogP contribution is 2.30. The Bertz CT molecular complexity index is 377. The summed E-state index contributed by atoms with van der Waals surface area (Å²) in [6, 6.07) is 5.31. The summed E-state index contributed by atoms with van der Waals surface area (Å²) in [4.78, 5) is 12.4. The van der Waals surface area contributed by atoms with Crippen LogP contribution in [-0.2, 0) is 4.74 Å². The summed E-state index contributed by atoms with van der Waals surface area (Å²) in [5, 5.41) is 0. The van der Waals surface area contributed by atoms with Crippen molar-refractivity contribution in [2.75, 3.05) is 18.6 Å². The van der Waals surface area contributed by atoms with Gasteiger partial charge in [-0.25, -0.2) is 4.79 Å². The fourth-order valence-corrected chi connectivity index (χ4v) is 2.28. The Morgan fingerprint density at radius 1 is 1.50 bits per heavy atom. The maximum atomic E-state index is 11.5. The number of esters is 1. The van der Waals surface area contributed by atoms with E-state index in [0.717, 1.165) is 10.6 Å². The van der Waals surface area contributed by atoms with Crippen molar-refractivity contribution in [2.45, 2.75) is 18.7 Å². The van der Waals surface area contributed by atoms with Gasteiger partial charge in [-0.2, -0.15) is 0 Å². The summed E-state index contributed by atoms with van der Waals surface area (Å²) in [5.41, 5.74) is 7.05. The molecule has 0 aliphatic carbocycles. The number of hydrogen-bond donors (Lipinski definition) is 1. The van der Waals surface area contributed by atoms with E-state index in [1.54, 1.807) is 30.0 Å². The third-order valence-corrected chi connectivity index (χ3v) is 3.59. The van der Waals surface area contributed by atoms with Crippen molar-refractivity contribution in [1.29, 1.82) is 0 Å². The highest BCUT2D eigenvalue weighted by Gasteiger charge is 2.14. The number of hydrogen-bond acceptors (Lipinski definition) is 4. The van der Waals surface area contributed by atoms with Crippen LogP contribution in [0.5, 0.6) is 0 Å². The monoisotopic (exact) mass is 239 g/mol. The molecule has 0 saturated carbocycles. The lowest BCUT2D eigenvalue weighted by atomic mass is 10.2. The van der Waals surface area contributed by atoms with Crippen molar-refractivity contribution in [3.8, 4) is 0 Å². The van der Waals surface area contributed by atoms with Crippen LogP contribution in [0.2, 0.25) is 0 Å². The van der Waals surface area contributed by atoms with Crippen molar-refractivity contribution >= 4 is 23.4 Å². The van der Waals surface area contributed by atoms with E-state index < -0.39 is 0 Å². The molecule has 0 aromatic heterocycles. The first-order chi connectivity index (χ1) is 7.56. The molecule has 0 radical (unpaired) electrons. The van der Waals surface area contributed by atoms with Gasteiger partial charge in [0.05, 0.1) is 12.7 Å². The highest BCUT2D eigenvalue weighted by molar-refractivity contribution is 7.99. The van der Waals surface area contributed by atoms with Crippen molar-refractivity contribution < 1.29 is 9.53 Å². The third kappa shape index (κ3) is 3.17. The maximum Gasteiger partial charge on any atom is 0.339 e. The molecule has 1 aromatic carbocycles. The number of ether oxygens (including phenoxy) is 1. The topological polar surface area (TPSA) is 52.3 Å². The average molecular weight is 239 g/mol. The van der Waals surface area contributed by atoms with Crippen molar-refractivity contribution in [3.05, 3.63) is 23.8 Å². The fraction of sp³-hybridized carbons (Fsp3) is 0.417. The lowest BCUT2D eigenvalue weighted by Crippen LogP contribution is -2.06. The van der Waals surface area contributed by atoms with Gasteiger partial charge in [0.25, 0.3) is 0 Å². The second-order valence-electron chi connectivity index (χ2n) is 3.92. The summed E-state index contributed by atoms with van der Waals surface area (Å²) < 4.78 is 4.73. The van der Waals surface area contributed by atoms with Crippen LogP contribution in [0.3, 0.4) is 0 Å². The van der Waals surface area contributed by atoms with Crippen LogP contribution in [-0.4, -0.2) is 18.8 Å². The number of methoxy groups -OCH3 is 1. The number of carbonyl (C=O) groups is 1. The van der Waals surface area contributed by atoms with Crippen LogP contribution in [0, 0.1) is 5.92 Å². The summed E-state index contributed by atoms with van der Waals surface area (Å²) in [6.45, 7) is 4.26. The molecule has 1 rings (SSSR count). The van der Waals surface area contributed by atoms with E-state index in [-0.39, 0.29) is 5.97 Å². The molecule has 0 amide bonds. The minimum Gasteiger partial charge on any atom is -0.465 e. The minimum absolute atomic E-state index is 0.335. The van der Waals surface area contributed by atoms with Crippen LogP contribution in [0.4, 0.5) is 5.69 Å². The molecular weight excluding hydrogens is 222 g/mol. The van der Waals surface area contributed by atoms with Gasteiger partial charge in [-0.3, -0.25) is 0 Å². The first-order valence-corrected chi connectivity index (χ1v) is 6.14. The predicted molar refractivity (Wildman–Crippen MR) is 67.8 cm³/mol. The molecule has 0 heterocycles. The van der Waals surface area contributed by atoms with Crippen LogP contribution in [0.15, 0.2) is 23.1 Å². The Kier molecular flexibility index (Phi) is 4.68. The molecule has 1 aromatic rings.